The third kappa shape index (κ3) is 5.90. The van der Waals surface area contributed by atoms with E-state index in [1.165, 1.54) is 6.21 Å². The molecule has 0 saturated heterocycles. The van der Waals surface area contributed by atoms with E-state index in [1.807, 2.05) is 31.2 Å². The van der Waals surface area contributed by atoms with Gasteiger partial charge in [0.25, 0.3) is 0 Å². The lowest BCUT2D eigenvalue weighted by atomic mass is 10.1. The standard InChI is InChI=1S/C21H25N9O/c1-13-9-26-12-19(28-13)31-17-4-2-3-14(6-17)10-27-11-15(8-22)5-16-7-18(23)29-21(30-25)20(16)24/h2-4,6-9,11-12,22,27H,5,10,24-25H2,1H3,(H3,23,29,30)/b15-11-,22-8?. The van der Waals surface area contributed by atoms with Crippen LogP contribution in [0.5, 0.6) is 11.6 Å². The summed E-state index contributed by atoms with van der Waals surface area (Å²) in [6.07, 6.45) is 6.66. The number of hydrogen-bond donors (Lipinski definition) is 6. The Hall–Kier alpha value is -4.18. The number of pyridine rings is 1. The molecule has 1 aromatic carbocycles. The molecule has 0 spiro atoms. The van der Waals surface area contributed by atoms with Gasteiger partial charge in [-0.1, -0.05) is 12.1 Å². The number of aromatic nitrogens is 3. The molecule has 0 radical (unpaired) electrons. The van der Waals surface area contributed by atoms with Crippen molar-refractivity contribution in [3.8, 4) is 11.6 Å². The Morgan fingerprint density at radius 3 is 2.77 bits per heavy atom. The zero-order valence-electron chi connectivity index (χ0n) is 17.1. The van der Waals surface area contributed by atoms with Crippen molar-refractivity contribution in [2.24, 2.45) is 5.84 Å². The van der Waals surface area contributed by atoms with E-state index >= 15 is 0 Å². The lowest BCUT2D eigenvalue weighted by Gasteiger charge is -2.12. The Bertz CT molecular complexity index is 1100. The normalized spacial score (nSPS) is 11.1. The maximum Gasteiger partial charge on any atom is 0.238 e. The van der Waals surface area contributed by atoms with Gasteiger partial charge >= 0.3 is 0 Å². The molecule has 0 atom stereocenters. The van der Waals surface area contributed by atoms with Gasteiger partial charge in [0.15, 0.2) is 5.82 Å². The number of nitrogens with zero attached hydrogens (tertiary/aromatic N) is 3. The van der Waals surface area contributed by atoms with Crippen LogP contribution >= 0.6 is 0 Å². The zero-order chi connectivity index (χ0) is 22.2. The van der Waals surface area contributed by atoms with E-state index in [2.05, 4.69) is 25.7 Å². The van der Waals surface area contributed by atoms with E-state index in [0.29, 0.717) is 47.5 Å². The minimum Gasteiger partial charge on any atom is -0.437 e. The maximum atomic E-state index is 7.70. The molecule has 31 heavy (non-hydrogen) atoms. The van der Waals surface area contributed by atoms with Crippen LogP contribution in [0.15, 0.2) is 54.5 Å². The van der Waals surface area contributed by atoms with Crippen LogP contribution in [0.3, 0.4) is 0 Å². The molecule has 3 rings (SSSR count). The van der Waals surface area contributed by atoms with Crippen LogP contribution in [0.2, 0.25) is 0 Å². The fourth-order valence-electron chi connectivity index (χ4n) is 2.88. The highest BCUT2D eigenvalue weighted by atomic mass is 16.5. The average Bonchev–Trinajstić information content (AvgIpc) is 2.75. The number of rotatable bonds is 9. The monoisotopic (exact) mass is 419 g/mol. The number of ether oxygens (including phenoxy) is 1. The third-order valence-corrected chi connectivity index (χ3v) is 4.33. The number of hydrazine groups is 1. The van der Waals surface area contributed by atoms with E-state index < -0.39 is 0 Å². The van der Waals surface area contributed by atoms with Crippen molar-refractivity contribution in [2.45, 2.75) is 19.9 Å². The second kappa shape index (κ2) is 10.0. The molecule has 0 unspecified atom stereocenters. The molecular weight excluding hydrogens is 394 g/mol. The van der Waals surface area contributed by atoms with Gasteiger partial charge in [-0.3, -0.25) is 4.98 Å². The molecule has 0 saturated carbocycles. The van der Waals surface area contributed by atoms with Crippen molar-refractivity contribution < 1.29 is 4.74 Å². The van der Waals surface area contributed by atoms with Crippen molar-refractivity contribution in [1.29, 1.82) is 5.41 Å². The van der Waals surface area contributed by atoms with Crippen LogP contribution in [-0.4, -0.2) is 21.2 Å². The average molecular weight is 419 g/mol. The number of aryl methyl sites for hydroxylation is 1. The first-order chi connectivity index (χ1) is 15.0. The maximum absolute atomic E-state index is 7.70. The van der Waals surface area contributed by atoms with E-state index in [9.17, 15) is 0 Å². The quantitative estimate of drug-likeness (QED) is 0.173. The summed E-state index contributed by atoms with van der Waals surface area (Å²) in [6.45, 7) is 2.40. The van der Waals surface area contributed by atoms with Crippen LogP contribution in [0, 0.1) is 12.3 Å². The summed E-state index contributed by atoms with van der Waals surface area (Å²) < 4.78 is 5.77. The fourth-order valence-corrected chi connectivity index (χ4v) is 2.88. The Labute approximate surface area is 180 Å². The highest BCUT2D eigenvalue weighted by Crippen LogP contribution is 2.24. The van der Waals surface area contributed by atoms with Crippen molar-refractivity contribution >= 4 is 23.5 Å². The Kier molecular flexibility index (Phi) is 6.97. The van der Waals surface area contributed by atoms with Crippen molar-refractivity contribution in [1.82, 2.24) is 20.3 Å². The molecule has 0 fully saturated rings. The molecule has 0 bridgehead atoms. The largest absolute Gasteiger partial charge is 0.437 e. The van der Waals surface area contributed by atoms with E-state index in [-0.39, 0.29) is 0 Å². The first-order valence-electron chi connectivity index (χ1n) is 9.48. The predicted octanol–water partition coefficient (Wildman–Crippen LogP) is 2.29. The molecule has 0 aliphatic heterocycles. The second-order valence-electron chi connectivity index (χ2n) is 6.78. The number of allylic oxidation sites excluding steroid dienone is 1. The SMILES string of the molecule is Cc1cncc(Oc2cccc(CN/C=C(\C=N)Cc3cc(N)nc(NN)c3N)c2)n1. The summed E-state index contributed by atoms with van der Waals surface area (Å²) in [5.41, 5.74) is 17.9. The molecule has 0 amide bonds. The lowest BCUT2D eigenvalue weighted by Crippen LogP contribution is -2.14. The van der Waals surface area contributed by atoms with Gasteiger partial charge in [-0.05, 0) is 41.8 Å². The number of nitrogens with one attached hydrogen (secondary N) is 3. The number of benzene rings is 1. The summed E-state index contributed by atoms with van der Waals surface area (Å²) in [5, 5.41) is 10.9. The lowest BCUT2D eigenvalue weighted by molar-refractivity contribution is 0.458. The van der Waals surface area contributed by atoms with Gasteiger partial charge in [-0.25, -0.2) is 15.8 Å². The molecule has 3 aromatic rings. The van der Waals surface area contributed by atoms with Crippen LogP contribution < -0.4 is 32.8 Å². The second-order valence-corrected chi connectivity index (χ2v) is 6.78. The Morgan fingerprint density at radius 2 is 2.03 bits per heavy atom. The van der Waals surface area contributed by atoms with E-state index in [4.69, 9.17) is 27.5 Å². The van der Waals surface area contributed by atoms with Crippen LogP contribution in [0.4, 0.5) is 17.3 Å². The van der Waals surface area contributed by atoms with Crippen LogP contribution in [0.1, 0.15) is 16.8 Å². The van der Waals surface area contributed by atoms with Crippen LogP contribution in [0.25, 0.3) is 0 Å². The minimum absolute atomic E-state index is 0.296. The Morgan fingerprint density at radius 1 is 1.19 bits per heavy atom. The molecule has 0 aliphatic rings. The van der Waals surface area contributed by atoms with Gasteiger partial charge in [0.2, 0.25) is 5.88 Å². The molecule has 10 heteroatoms. The number of nitrogen functional groups attached to an aromatic ring is 3. The smallest absolute Gasteiger partial charge is 0.238 e. The van der Waals surface area contributed by atoms with Crippen molar-refractivity contribution in [2.75, 3.05) is 16.9 Å². The summed E-state index contributed by atoms with van der Waals surface area (Å²) >= 11 is 0. The van der Waals surface area contributed by atoms with E-state index in [1.54, 1.807) is 24.7 Å². The van der Waals surface area contributed by atoms with Gasteiger partial charge in [0, 0.05) is 31.6 Å². The number of nitrogens with two attached hydrogens (primary N) is 3. The topological polar surface area (TPSA) is 174 Å². The first-order valence-corrected chi connectivity index (χ1v) is 9.48. The van der Waals surface area contributed by atoms with Crippen molar-refractivity contribution in [3.05, 3.63) is 71.3 Å². The summed E-state index contributed by atoms with van der Waals surface area (Å²) in [4.78, 5) is 12.4. The van der Waals surface area contributed by atoms with E-state index in [0.717, 1.165) is 16.8 Å². The van der Waals surface area contributed by atoms with Gasteiger partial charge in [-0.15, -0.1) is 0 Å². The minimum atomic E-state index is 0.296. The van der Waals surface area contributed by atoms with Crippen molar-refractivity contribution in [3.63, 3.8) is 0 Å². The van der Waals surface area contributed by atoms with Gasteiger partial charge in [0.1, 0.15) is 11.6 Å². The highest BCUT2D eigenvalue weighted by Gasteiger charge is 2.09. The molecule has 0 aliphatic carbocycles. The molecule has 2 aromatic heterocycles. The summed E-state index contributed by atoms with van der Waals surface area (Å²) in [5.74, 6) is 7.14. The molecule has 160 valence electrons. The predicted molar refractivity (Wildman–Crippen MR) is 122 cm³/mol. The number of anilines is 3. The highest BCUT2D eigenvalue weighted by molar-refractivity contribution is 5.78. The fraction of sp³-hybridized carbons (Fsp3) is 0.143. The van der Waals surface area contributed by atoms with Crippen LogP contribution in [-0.2, 0) is 13.0 Å². The first kappa shape index (κ1) is 21.5. The van der Waals surface area contributed by atoms with Gasteiger partial charge < -0.3 is 32.4 Å². The summed E-state index contributed by atoms with van der Waals surface area (Å²) in [6, 6.07) is 9.31. The Balaban J connectivity index is 1.65. The van der Waals surface area contributed by atoms with Gasteiger partial charge in [0.05, 0.1) is 17.6 Å². The van der Waals surface area contributed by atoms with Gasteiger partial charge in [-0.2, -0.15) is 0 Å². The molecular formula is C21H25N9O. The molecule has 9 N–H and O–H groups in total. The number of hydrogen-bond acceptors (Lipinski definition) is 10. The summed E-state index contributed by atoms with van der Waals surface area (Å²) in [7, 11) is 0. The zero-order valence-corrected chi connectivity index (χ0v) is 17.1. The third-order valence-electron chi connectivity index (χ3n) is 4.33. The molecule has 10 nitrogen and oxygen atoms in total. The molecule has 2 heterocycles.